The minimum atomic E-state index is -4.40. The van der Waals surface area contributed by atoms with E-state index in [2.05, 4.69) is 0 Å². The number of rotatable bonds is 2. The second kappa shape index (κ2) is 5.35. The molecule has 0 amide bonds. The molecule has 0 saturated carbocycles. The third-order valence-electron chi connectivity index (χ3n) is 3.51. The molecule has 0 aliphatic carbocycles. The molecule has 110 valence electrons. The first-order chi connectivity index (χ1) is 9.71. The van der Waals surface area contributed by atoms with Gasteiger partial charge in [0.2, 0.25) is 0 Å². The number of aryl methyl sites for hydroxylation is 3. The second-order valence-corrected chi connectivity index (χ2v) is 5.12. The van der Waals surface area contributed by atoms with Crippen molar-refractivity contribution in [2.75, 3.05) is 0 Å². The van der Waals surface area contributed by atoms with E-state index in [0.29, 0.717) is 16.7 Å². The number of hydrogen-bond donors (Lipinski definition) is 0. The summed E-state index contributed by atoms with van der Waals surface area (Å²) in [5.41, 5.74) is 2.09. The van der Waals surface area contributed by atoms with Gasteiger partial charge in [-0.15, -0.1) is 0 Å². The molecule has 0 N–H and O–H groups in total. The van der Waals surface area contributed by atoms with Gasteiger partial charge in [-0.25, -0.2) is 0 Å². The average Bonchev–Trinajstić information content (AvgIpc) is 2.37. The fraction of sp³-hybridized carbons (Fsp3) is 0.235. The Kier molecular flexibility index (Phi) is 3.90. The molecule has 0 atom stereocenters. The molecule has 0 aliphatic rings. The SMILES string of the molecule is Cc1cc(C(F)(F)F)ccc1C(=O)c1c(C)cccc1C. The molecule has 0 fully saturated rings. The Morgan fingerprint density at radius 3 is 1.95 bits per heavy atom. The molecule has 0 unspecified atom stereocenters. The Balaban J connectivity index is 2.50. The first-order valence-corrected chi connectivity index (χ1v) is 6.50. The van der Waals surface area contributed by atoms with E-state index in [-0.39, 0.29) is 5.78 Å². The Hall–Kier alpha value is -2.10. The Morgan fingerprint density at radius 2 is 1.48 bits per heavy atom. The van der Waals surface area contributed by atoms with Crippen LogP contribution in [0.4, 0.5) is 13.2 Å². The number of ketones is 1. The zero-order valence-electron chi connectivity index (χ0n) is 12.0. The Bertz CT molecular complexity index is 679. The van der Waals surface area contributed by atoms with Gasteiger partial charge in [-0.05, 0) is 49.6 Å². The molecule has 0 bridgehead atoms. The molecular weight excluding hydrogens is 277 g/mol. The van der Waals surface area contributed by atoms with Gasteiger partial charge in [0.1, 0.15) is 0 Å². The lowest BCUT2D eigenvalue weighted by molar-refractivity contribution is -0.137. The lowest BCUT2D eigenvalue weighted by atomic mass is 9.92. The van der Waals surface area contributed by atoms with Crippen molar-refractivity contribution in [3.8, 4) is 0 Å². The first kappa shape index (κ1) is 15.3. The van der Waals surface area contributed by atoms with Crippen molar-refractivity contribution in [2.45, 2.75) is 26.9 Å². The molecule has 0 heterocycles. The van der Waals surface area contributed by atoms with Crippen LogP contribution >= 0.6 is 0 Å². The molecule has 0 aliphatic heterocycles. The van der Waals surface area contributed by atoms with Crippen LogP contribution in [-0.2, 0) is 6.18 Å². The summed E-state index contributed by atoms with van der Waals surface area (Å²) in [4.78, 5) is 12.6. The van der Waals surface area contributed by atoms with E-state index in [9.17, 15) is 18.0 Å². The molecule has 2 aromatic rings. The fourth-order valence-electron chi connectivity index (χ4n) is 2.40. The summed E-state index contributed by atoms with van der Waals surface area (Å²) in [6, 6.07) is 8.71. The maximum absolute atomic E-state index is 12.7. The monoisotopic (exact) mass is 292 g/mol. The zero-order chi connectivity index (χ0) is 15.8. The number of carbonyl (C=O) groups excluding carboxylic acids is 1. The van der Waals surface area contributed by atoms with Crippen molar-refractivity contribution >= 4 is 5.78 Å². The summed E-state index contributed by atoms with van der Waals surface area (Å²) in [6.07, 6.45) is -4.40. The quantitative estimate of drug-likeness (QED) is 0.722. The zero-order valence-corrected chi connectivity index (χ0v) is 12.0. The van der Waals surface area contributed by atoms with E-state index < -0.39 is 11.7 Å². The summed E-state index contributed by atoms with van der Waals surface area (Å²) < 4.78 is 38.0. The van der Waals surface area contributed by atoms with Crippen molar-refractivity contribution in [3.05, 3.63) is 69.8 Å². The molecular formula is C17H15F3O. The Morgan fingerprint density at radius 1 is 0.905 bits per heavy atom. The molecule has 0 saturated heterocycles. The van der Waals surface area contributed by atoms with Gasteiger partial charge in [0.15, 0.2) is 5.78 Å². The van der Waals surface area contributed by atoms with Crippen molar-refractivity contribution < 1.29 is 18.0 Å². The van der Waals surface area contributed by atoms with Crippen LogP contribution in [0.3, 0.4) is 0 Å². The number of hydrogen-bond acceptors (Lipinski definition) is 1. The minimum absolute atomic E-state index is 0.239. The molecule has 4 heteroatoms. The largest absolute Gasteiger partial charge is 0.416 e. The van der Waals surface area contributed by atoms with Gasteiger partial charge < -0.3 is 0 Å². The van der Waals surface area contributed by atoms with Crippen LogP contribution < -0.4 is 0 Å². The number of halogens is 3. The summed E-state index contributed by atoms with van der Waals surface area (Å²) >= 11 is 0. The van der Waals surface area contributed by atoms with Gasteiger partial charge in [-0.1, -0.05) is 24.3 Å². The highest BCUT2D eigenvalue weighted by molar-refractivity contribution is 6.11. The van der Waals surface area contributed by atoms with E-state index in [4.69, 9.17) is 0 Å². The summed E-state index contributed by atoms with van der Waals surface area (Å²) in [6.45, 7) is 5.16. The molecule has 2 rings (SSSR count). The van der Waals surface area contributed by atoms with Crippen LogP contribution in [0.1, 0.15) is 38.2 Å². The lowest BCUT2D eigenvalue weighted by Crippen LogP contribution is -2.10. The standard InChI is InChI=1S/C17H15F3O/c1-10-5-4-6-11(2)15(10)16(21)14-8-7-13(9-12(14)3)17(18,19)20/h4-9H,1-3H3. The third kappa shape index (κ3) is 2.99. The highest BCUT2D eigenvalue weighted by atomic mass is 19.4. The van der Waals surface area contributed by atoms with E-state index in [1.165, 1.54) is 13.0 Å². The summed E-state index contributed by atoms with van der Waals surface area (Å²) in [7, 11) is 0. The lowest BCUT2D eigenvalue weighted by Gasteiger charge is -2.13. The molecule has 0 radical (unpaired) electrons. The maximum Gasteiger partial charge on any atom is 0.416 e. The van der Waals surface area contributed by atoms with E-state index in [1.54, 1.807) is 0 Å². The molecule has 1 nitrogen and oxygen atoms in total. The van der Waals surface area contributed by atoms with Crippen LogP contribution in [0.2, 0.25) is 0 Å². The average molecular weight is 292 g/mol. The fourth-order valence-corrected chi connectivity index (χ4v) is 2.40. The van der Waals surface area contributed by atoms with Gasteiger partial charge >= 0.3 is 6.18 Å². The van der Waals surface area contributed by atoms with Gasteiger partial charge in [0, 0.05) is 11.1 Å². The van der Waals surface area contributed by atoms with Crippen LogP contribution in [0, 0.1) is 20.8 Å². The van der Waals surface area contributed by atoms with Crippen LogP contribution in [0.25, 0.3) is 0 Å². The predicted molar refractivity (Wildman–Crippen MR) is 75.5 cm³/mol. The van der Waals surface area contributed by atoms with Gasteiger partial charge in [-0.2, -0.15) is 13.2 Å². The van der Waals surface area contributed by atoms with Gasteiger partial charge in [0.05, 0.1) is 5.56 Å². The Labute approximate surface area is 121 Å². The third-order valence-corrected chi connectivity index (χ3v) is 3.51. The smallest absolute Gasteiger partial charge is 0.289 e. The van der Waals surface area contributed by atoms with E-state index >= 15 is 0 Å². The van der Waals surface area contributed by atoms with E-state index in [1.807, 2.05) is 32.0 Å². The molecule has 0 aromatic heterocycles. The molecule has 2 aromatic carbocycles. The summed E-state index contributed by atoms with van der Waals surface area (Å²) in [5.74, 6) is -0.239. The van der Waals surface area contributed by atoms with Crippen LogP contribution in [-0.4, -0.2) is 5.78 Å². The highest BCUT2D eigenvalue weighted by Crippen LogP contribution is 2.31. The second-order valence-electron chi connectivity index (χ2n) is 5.12. The normalized spacial score (nSPS) is 11.5. The van der Waals surface area contributed by atoms with E-state index in [0.717, 1.165) is 23.3 Å². The van der Waals surface area contributed by atoms with Crippen molar-refractivity contribution in [1.29, 1.82) is 0 Å². The number of alkyl halides is 3. The minimum Gasteiger partial charge on any atom is -0.289 e. The van der Waals surface area contributed by atoms with Crippen LogP contribution in [0.15, 0.2) is 36.4 Å². The topological polar surface area (TPSA) is 17.1 Å². The van der Waals surface area contributed by atoms with Gasteiger partial charge in [0.25, 0.3) is 0 Å². The van der Waals surface area contributed by atoms with Crippen molar-refractivity contribution in [3.63, 3.8) is 0 Å². The van der Waals surface area contributed by atoms with Crippen molar-refractivity contribution in [2.24, 2.45) is 0 Å². The molecule has 0 spiro atoms. The van der Waals surface area contributed by atoms with Crippen LogP contribution in [0.5, 0.6) is 0 Å². The number of carbonyl (C=O) groups is 1. The molecule has 21 heavy (non-hydrogen) atoms. The highest BCUT2D eigenvalue weighted by Gasteiger charge is 2.31. The predicted octanol–water partition coefficient (Wildman–Crippen LogP) is 4.86. The first-order valence-electron chi connectivity index (χ1n) is 6.50. The maximum atomic E-state index is 12.7. The van der Waals surface area contributed by atoms with Gasteiger partial charge in [-0.3, -0.25) is 4.79 Å². The summed E-state index contributed by atoms with van der Waals surface area (Å²) in [5, 5.41) is 0. The van der Waals surface area contributed by atoms with Crippen molar-refractivity contribution in [1.82, 2.24) is 0 Å². The number of benzene rings is 2.